The van der Waals surface area contributed by atoms with Gasteiger partial charge >= 0.3 is 5.97 Å². The van der Waals surface area contributed by atoms with Gasteiger partial charge in [-0.3, -0.25) is 0 Å². The van der Waals surface area contributed by atoms with E-state index >= 15 is 0 Å². The zero-order valence-electron chi connectivity index (χ0n) is 10.2. The number of rotatable bonds is 1. The quantitative estimate of drug-likeness (QED) is 0.699. The lowest BCUT2D eigenvalue weighted by atomic mass is 9.71. The molecule has 2 aliphatic rings. The Kier molecular flexibility index (Phi) is 2.18. The molecule has 3 nitrogen and oxygen atoms in total. The lowest BCUT2D eigenvalue weighted by molar-refractivity contribution is -0.140. The Morgan fingerprint density at radius 1 is 1.47 bits per heavy atom. The minimum absolute atomic E-state index is 0.0113. The van der Waals surface area contributed by atoms with E-state index in [1.54, 1.807) is 6.26 Å². The number of fused-ring (bicyclic) bond motifs is 1. The van der Waals surface area contributed by atoms with Crippen molar-refractivity contribution < 1.29 is 13.9 Å². The molecule has 17 heavy (non-hydrogen) atoms. The van der Waals surface area contributed by atoms with Gasteiger partial charge in [-0.25, -0.2) is 4.79 Å². The van der Waals surface area contributed by atoms with Crippen LogP contribution in [-0.4, -0.2) is 12.1 Å². The van der Waals surface area contributed by atoms with Crippen molar-refractivity contribution in [2.45, 2.75) is 44.6 Å². The van der Waals surface area contributed by atoms with Crippen LogP contribution >= 0.6 is 0 Å². The van der Waals surface area contributed by atoms with Crippen LogP contribution in [0.2, 0.25) is 0 Å². The summed E-state index contributed by atoms with van der Waals surface area (Å²) in [6.07, 6.45) is 4.45. The van der Waals surface area contributed by atoms with Gasteiger partial charge in [-0.1, -0.05) is 6.92 Å². The molecule has 0 spiro atoms. The highest BCUT2D eigenvalue weighted by molar-refractivity contribution is 5.91. The normalized spacial score (nSPS) is 32.6. The smallest absolute Gasteiger partial charge is 0.334 e. The molecule has 2 atom stereocenters. The molecule has 2 unspecified atom stereocenters. The van der Waals surface area contributed by atoms with E-state index in [2.05, 4.69) is 6.92 Å². The van der Waals surface area contributed by atoms with Crippen LogP contribution in [0.1, 0.15) is 38.9 Å². The number of furan rings is 1. The highest BCUT2D eigenvalue weighted by Gasteiger charge is 2.43. The Labute approximate surface area is 100 Å². The molecule has 1 aromatic rings. The van der Waals surface area contributed by atoms with Crippen LogP contribution in [0.25, 0.3) is 0 Å². The molecule has 0 amide bonds. The third-order valence-electron chi connectivity index (χ3n) is 4.12. The first-order valence-electron chi connectivity index (χ1n) is 6.05. The molecule has 0 bridgehead atoms. The standard InChI is InChI=1S/C14H16O3/c1-9-10-5-6-14(2,12-4-3-7-16-12)8-11(10)17-13(9)15/h3-4,7,11H,5-6,8H2,1-2H3. The van der Waals surface area contributed by atoms with Gasteiger partial charge in [0.2, 0.25) is 0 Å². The second-order valence-electron chi connectivity index (χ2n) is 5.29. The maximum Gasteiger partial charge on any atom is 0.334 e. The molecule has 3 heteroatoms. The summed E-state index contributed by atoms with van der Waals surface area (Å²) in [4.78, 5) is 11.5. The average Bonchev–Trinajstić information content (AvgIpc) is 2.89. The van der Waals surface area contributed by atoms with Crippen molar-refractivity contribution in [2.24, 2.45) is 0 Å². The molecule has 2 heterocycles. The first-order valence-corrected chi connectivity index (χ1v) is 6.05. The SMILES string of the molecule is CC1=C2CCC(C)(c3ccco3)CC2OC1=O. The molecule has 3 rings (SSSR count). The Morgan fingerprint density at radius 3 is 3.00 bits per heavy atom. The summed E-state index contributed by atoms with van der Waals surface area (Å²) in [5.41, 5.74) is 2.00. The third kappa shape index (κ3) is 1.53. The van der Waals surface area contributed by atoms with E-state index in [9.17, 15) is 4.79 Å². The van der Waals surface area contributed by atoms with Gasteiger partial charge in [-0.2, -0.15) is 0 Å². The van der Waals surface area contributed by atoms with E-state index in [-0.39, 0.29) is 17.5 Å². The largest absolute Gasteiger partial charge is 0.469 e. The molecular formula is C14H16O3. The highest BCUT2D eigenvalue weighted by atomic mass is 16.5. The molecule has 1 aliphatic heterocycles. The van der Waals surface area contributed by atoms with Crippen molar-refractivity contribution >= 4 is 5.97 Å². The van der Waals surface area contributed by atoms with Crippen LogP contribution in [0.15, 0.2) is 34.0 Å². The van der Waals surface area contributed by atoms with E-state index in [0.29, 0.717) is 0 Å². The Balaban J connectivity index is 1.90. The molecule has 0 aromatic carbocycles. The van der Waals surface area contributed by atoms with Gasteiger partial charge in [0.25, 0.3) is 0 Å². The van der Waals surface area contributed by atoms with Crippen molar-refractivity contribution in [1.82, 2.24) is 0 Å². The Hall–Kier alpha value is -1.51. The molecule has 0 N–H and O–H groups in total. The van der Waals surface area contributed by atoms with E-state index in [0.717, 1.165) is 30.6 Å². The van der Waals surface area contributed by atoms with E-state index in [1.807, 2.05) is 19.1 Å². The van der Waals surface area contributed by atoms with Gasteiger partial charge in [0.15, 0.2) is 0 Å². The predicted molar refractivity (Wildman–Crippen MR) is 62.5 cm³/mol. The van der Waals surface area contributed by atoms with Crippen LogP contribution in [0.4, 0.5) is 0 Å². The van der Waals surface area contributed by atoms with Crippen LogP contribution in [0.3, 0.4) is 0 Å². The van der Waals surface area contributed by atoms with Gasteiger partial charge in [0.1, 0.15) is 11.9 Å². The monoisotopic (exact) mass is 232 g/mol. The summed E-state index contributed by atoms with van der Waals surface area (Å²) in [7, 11) is 0. The van der Waals surface area contributed by atoms with E-state index in [1.165, 1.54) is 5.57 Å². The summed E-state index contributed by atoms with van der Waals surface area (Å²) in [5.74, 6) is 0.853. The fraction of sp³-hybridized carbons (Fsp3) is 0.500. The molecule has 1 fully saturated rings. The number of ether oxygens (including phenoxy) is 1. The summed E-state index contributed by atoms with van der Waals surface area (Å²) in [6, 6.07) is 3.93. The minimum atomic E-state index is -0.145. The van der Waals surface area contributed by atoms with E-state index in [4.69, 9.17) is 9.15 Å². The van der Waals surface area contributed by atoms with Crippen LogP contribution < -0.4 is 0 Å². The number of carbonyl (C=O) groups excluding carboxylic acids is 1. The zero-order chi connectivity index (χ0) is 12.0. The summed E-state index contributed by atoms with van der Waals surface area (Å²) < 4.78 is 10.9. The molecule has 0 saturated heterocycles. The minimum Gasteiger partial charge on any atom is -0.469 e. The van der Waals surface area contributed by atoms with Crippen molar-refractivity contribution in [3.63, 3.8) is 0 Å². The molecule has 0 radical (unpaired) electrons. The topological polar surface area (TPSA) is 39.4 Å². The van der Waals surface area contributed by atoms with Crippen molar-refractivity contribution in [1.29, 1.82) is 0 Å². The Bertz CT molecular complexity index is 484. The molecule has 1 aliphatic carbocycles. The summed E-state index contributed by atoms with van der Waals surface area (Å²) in [5, 5.41) is 0. The Morgan fingerprint density at radius 2 is 2.29 bits per heavy atom. The highest BCUT2D eigenvalue weighted by Crippen LogP contribution is 2.45. The molecule has 1 saturated carbocycles. The first-order chi connectivity index (χ1) is 8.10. The second kappa shape index (κ2) is 3.49. The van der Waals surface area contributed by atoms with Gasteiger partial charge in [0, 0.05) is 17.4 Å². The van der Waals surface area contributed by atoms with Crippen LogP contribution in [-0.2, 0) is 14.9 Å². The van der Waals surface area contributed by atoms with Gasteiger partial charge in [-0.15, -0.1) is 0 Å². The number of esters is 1. The number of carbonyl (C=O) groups is 1. The summed E-state index contributed by atoms with van der Waals surface area (Å²) >= 11 is 0. The first kappa shape index (κ1) is 10.6. The fourth-order valence-electron chi connectivity index (χ4n) is 2.94. The predicted octanol–water partition coefficient (Wildman–Crippen LogP) is 2.96. The maximum atomic E-state index is 11.5. The van der Waals surface area contributed by atoms with Gasteiger partial charge in [0.05, 0.1) is 6.26 Å². The van der Waals surface area contributed by atoms with Gasteiger partial charge in [-0.05, 0) is 37.5 Å². The van der Waals surface area contributed by atoms with Crippen LogP contribution in [0.5, 0.6) is 0 Å². The van der Waals surface area contributed by atoms with Crippen molar-refractivity contribution in [3.05, 3.63) is 35.3 Å². The van der Waals surface area contributed by atoms with Crippen molar-refractivity contribution in [3.8, 4) is 0 Å². The molecule has 90 valence electrons. The summed E-state index contributed by atoms with van der Waals surface area (Å²) in [6.45, 7) is 4.05. The maximum absolute atomic E-state index is 11.5. The lowest BCUT2D eigenvalue weighted by Gasteiger charge is -2.35. The van der Waals surface area contributed by atoms with Crippen molar-refractivity contribution in [2.75, 3.05) is 0 Å². The van der Waals surface area contributed by atoms with E-state index < -0.39 is 0 Å². The van der Waals surface area contributed by atoms with Gasteiger partial charge < -0.3 is 9.15 Å². The number of hydrogen-bond donors (Lipinski definition) is 0. The lowest BCUT2D eigenvalue weighted by Crippen LogP contribution is -2.33. The number of hydrogen-bond acceptors (Lipinski definition) is 3. The average molecular weight is 232 g/mol. The molecular weight excluding hydrogens is 216 g/mol. The van der Waals surface area contributed by atoms with Crippen LogP contribution in [0, 0.1) is 0 Å². The molecule has 1 aromatic heterocycles. The third-order valence-corrected chi connectivity index (χ3v) is 4.12. The zero-order valence-corrected chi connectivity index (χ0v) is 10.2. The fourth-order valence-corrected chi connectivity index (χ4v) is 2.94. The second-order valence-corrected chi connectivity index (χ2v) is 5.29.